The molecule has 21 heavy (non-hydrogen) atoms. The van der Waals surface area contributed by atoms with E-state index in [9.17, 15) is 9.90 Å². The molecule has 0 aliphatic heterocycles. The fourth-order valence-electron chi connectivity index (χ4n) is 1.95. The van der Waals surface area contributed by atoms with Gasteiger partial charge in [-0.15, -0.1) is 0 Å². The molecule has 2 rings (SSSR count). The number of carboxylic acids is 1. The number of ether oxygens (including phenoxy) is 1. The van der Waals surface area contributed by atoms with E-state index in [2.05, 4.69) is 32.9 Å². The van der Waals surface area contributed by atoms with Gasteiger partial charge in [0.2, 0.25) is 0 Å². The molecule has 3 heteroatoms. The van der Waals surface area contributed by atoms with Gasteiger partial charge in [-0.05, 0) is 34.2 Å². The monoisotopic (exact) mass is 283 g/mol. The quantitative estimate of drug-likeness (QED) is 0.867. The first-order valence-electron chi connectivity index (χ1n) is 6.90. The Morgan fingerprint density at radius 1 is 1.00 bits per heavy atom. The van der Waals surface area contributed by atoms with E-state index in [1.807, 2.05) is 12.1 Å². The summed E-state index contributed by atoms with van der Waals surface area (Å²) < 4.78 is 5.70. The number of hydrogen-bond acceptors (Lipinski definition) is 3. The third-order valence-corrected chi connectivity index (χ3v) is 3.32. The molecule has 0 radical (unpaired) electrons. The van der Waals surface area contributed by atoms with Crippen molar-refractivity contribution in [3.8, 4) is 5.75 Å². The fourth-order valence-corrected chi connectivity index (χ4v) is 1.95. The molecule has 2 aromatic rings. The van der Waals surface area contributed by atoms with Gasteiger partial charge in [-0.3, -0.25) is 0 Å². The van der Waals surface area contributed by atoms with Crippen LogP contribution in [0.1, 0.15) is 42.3 Å². The van der Waals surface area contributed by atoms with Crippen molar-refractivity contribution in [3.63, 3.8) is 0 Å². The van der Waals surface area contributed by atoms with Crippen LogP contribution in [-0.4, -0.2) is 5.97 Å². The maximum absolute atomic E-state index is 10.7. The molecule has 0 unspecified atom stereocenters. The van der Waals surface area contributed by atoms with Crippen LogP contribution in [-0.2, 0) is 12.0 Å². The maximum Gasteiger partial charge on any atom is 0.119 e. The van der Waals surface area contributed by atoms with Crippen molar-refractivity contribution in [3.05, 3.63) is 65.2 Å². The fraction of sp³-hybridized carbons (Fsp3) is 0.278. The van der Waals surface area contributed by atoms with Crippen LogP contribution >= 0.6 is 0 Å². The Labute approximate surface area is 125 Å². The van der Waals surface area contributed by atoms with E-state index in [-0.39, 0.29) is 11.0 Å². The molecule has 0 aromatic heterocycles. The van der Waals surface area contributed by atoms with Crippen LogP contribution in [0.2, 0.25) is 0 Å². The molecular weight excluding hydrogens is 264 g/mol. The SMILES string of the molecule is CC(C)(C)c1ccc(OCc2ccc(C(=O)[O-])cc2)cc1. The third kappa shape index (κ3) is 4.09. The standard InChI is InChI=1S/C18H20O3/c1-18(2,3)15-8-10-16(11-9-15)21-12-13-4-6-14(7-5-13)17(19)20/h4-11H,12H2,1-3H3,(H,19,20)/p-1. The van der Waals surface area contributed by atoms with Crippen molar-refractivity contribution < 1.29 is 14.6 Å². The van der Waals surface area contributed by atoms with Crippen LogP contribution in [0.3, 0.4) is 0 Å². The zero-order valence-electron chi connectivity index (χ0n) is 12.6. The number of hydrogen-bond donors (Lipinski definition) is 0. The lowest BCUT2D eigenvalue weighted by Gasteiger charge is -2.19. The molecule has 0 amide bonds. The number of carbonyl (C=O) groups excluding carboxylic acids is 1. The van der Waals surface area contributed by atoms with Gasteiger partial charge in [0.05, 0.1) is 5.97 Å². The van der Waals surface area contributed by atoms with Gasteiger partial charge in [0.25, 0.3) is 0 Å². The summed E-state index contributed by atoms with van der Waals surface area (Å²) in [5.74, 6) is -0.368. The predicted molar refractivity (Wildman–Crippen MR) is 80.2 cm³/mol. The average Bonchev–Trinajstić information content (AvgIpc) is 2.45. The van der Waals surface area contributed by atoms with Gasteiger partial charge in [0, 0.05) is 0 Å². The maximum atomic E-state index is 10.7. The number of benzene rings is 2. The molecule has 0 N–H and O–H groups in total. The Balaban J connectivity index is 1.98. The first kappa shape index (κ1) is 15.1. The zero-order valence-corrected chi connectivity index (χ0v) is 12.6. The average molecular weight is 283 g/mol. The molecule has 0 atom stereocenters. The molecule has 3 nitrogen and oxygen atoms in total. The Kier molecular flexibility index (Phi) is 4.32. The molecule has 0 aliphatic carbocycles. The van der Waals surface area contributed by atoms with Gasteiger partial charge < -0.3 is 14.6 Å². The summed E-state index contributed by atoms with van der Waals surface area (Å²) in [5, 5.41) is 10.7. The number of carboxylic acid groups (broad SMARTS) is 1. The van der Waals surface area contributed by atoms with Crippen LogP contribution in [0, 0.1) is 0 Å². The second-order valence-corrected chi connectivity index (χ2v) is 6.05. The zero-order chi connectivity index (χ0) is 15.5. The van der Waals surface area contributed by atoms with Crippen molar-refractivity contribution in [2.24, 2.45) is 0 Å². The predicted octanol–water partition coefficient (Wildman–Crippen LogP) is 2.93. The van der Waals surface area contributed by atoms with Crippen LogP contribution in [0.25, 0.3) is 0 Å². The molecule has 0 bridgehead atoms. The van der Waals surface area contributed by atoms with E-state index in [0.717, 1.165) is 11.3 Å². The van der Waals surface area contributed by atoms with Crippen molar-refractivity contribution in [1.29, 1.82) is 0 Å². The van der Waals surface area contributed by atoms with Crippen molar-refractivity contribution in [1.82, 2.24) is 0 Å². The van der Waals surface area contributed by atoms with Crippen LogP contribution in [0.4, 0.5) is 0 Å². The van der Waals surface area contributed by atoms with E-state index in [1.54, 1.807) is 12.1 Å². The van der Waals surface area contributed by atoms with E-state index < -0.39 is 5.97 Å². The van der Waals surface area contributed by atoms with Crippen LogP contribution in [0.15, 0.2) is 48.5 Å². The molecule has 0 saturated carbocycles. The smallest absolute Gasteiger partial charge is 0.119 e. The highest BCUT2D eigenvalue weighted by Gasteiger charge is 2.12. The largest absolute Gasteiger partial charge is 0.545 e. The van der Waals surface area contributed by atoms with Crippen LogP contribution < -0.4 is 9.84 Å². The van der Waals surface area contributed by atoms with E-state index in [0.29, 0.717) is 6.61 Å². The first-order chi connectivity index (χ1) is 9.86. The summed E-state index contributed by atoms with van der Waals surface area (Å²) in [4.78, 5) is 10.7. The Hall–Kier alpha value is -2.29. The minimum atomic E-state index is -1.17. The van der Waals surface area contributed by atoms with Gasteiger partial charge in [-0.25, -0.2) is 0 Å². The molecule has 110 valence electrons. The lowest BCUT2D eigenvalue weighted by molar-refractivity contribution is -0.255. The second-order valence-electron chi connectivity index (χ2n) is 6.05. The normalized spacial score (nSPS) is 11.2. The van der Waals surface area contributed by atoms with Gasteiger partial charge in [-0.1, -0.05) is 57.2 Å². The molecule has 0 heterocycles. The molecule has 2 aromatic carbocycles. The van der Waals surface area contributed by atoms with Crippen LogP contribution in [0.5, 0.6) is 5.75 Å². The lowest BCUT2D eigenvalue weighted by atomic mass is 9.87. The highest BCUT2D eigenvalue weighted by Crippen LogP contribution is 2.24. The molecule has 0 saturated heterocycles. The molecular formula is C18H19O3-. The Bertz CT molecular complexity index is 604. The van der Waals surface area contributed by atoms with Gasteiger partial charge in [0.15, 0.2) is 0 Å². The van der Waals surface area contributed by atoms with Crippen molar-refractivity contribution in [2.45, 2.75) is 32.8 Å². The third-order valence-electron chi connectivity index (χ3n) is 3.32. The summed E-state index contributed by atoms with van der Waals surface area (Å²) in [6.45, 7) is 6.91. The van der Waals surface area contributed by atoms with E-state index in [4.69, 9.17) is 4.74 Å². The summed E-state index contributed by atoms with van der Waals surface area (Å²) >= 11 is 0. The summed E-state index contributed by atoms with van der Waals surface area (Å²) in [7, 11) is 0. The highest BCUT2D eigenvalue weighted by atomic mass is 16.5. The number of rotatable bonds is 4. The number of aromatic carboxylic acids is 1. The molecule has 0 fully saturated rings. The van der Waals surface area contributed by atoms with Crippen molar-refractivity contribution >= 4 is 5.97 Å². The van der Waals surface area contributed by atoms with Gasteiger partial charge >= 0.3 is 0 Å². The Morgan fingerprint density at radius 3 is 2.05 bits per heavy atom. The topological polar surface area (TPSA) is 49.4 Å². The molecule has 0 spiro atoms. The summed E-state index contributed by atoms with van der Waals surface area (Å²) in [6, 6.07) is 14.5. The summed E-state index contributed by atoms with van der Waals surface area (Å²) in [5.41, 5.74) is 2.47. The lowest BCUT2D eigenvalue weighted by Crippen LogP contribution is -2.22. The highest BCUT2D eigenvalue weighted by molar-refractivity contribution is 5.85. The Morgan fingerprint density at radius 2 is 1.57 bits per heavy atom. The summed E-state index contributed by atoms with van der Waals surface area (Å²) in [6.07, 6.45) is 0. The molecule has 0 aliphatic rings. The second kappa shape index (κ2) is 6.00. The first-order valence-corrected chi connectivity index (χ1v) is 6.90. The van der Waals surface area contributed by atoms with E-state index >= 15 is 0 Å². The minimum Gasteiger partial charge on any atom is -0.545 e. The van der Waals surface area contributed by atoms with Crippen molar-refractivity contribution in [2.75, 3.05) is 0 Å². The number of carbonyl (C=O) groups is 1. The van der Waals surface area contributed by atoms with Gasteiger partial charge in [-0.2, -0.15) is 0 Å². The van der Waals surface area contributed by atoms with Gasteiger partial charge in [0.1, 0.15) is 12.4 Å². The van der Waals surface area contributed by atoms with E-state index in [1.165, 1.54) is 17.7 Å². The minimum absolute atomic E-state index is 0.124.